The molecular formula is C29H29N3O3. The minimum absolute atomic E-state index is 0.170. The largest absolute Gasteiger partial charge is 0.494 e. The average molecular weight is 468 g/mol. The molecule has 1 heterocycles. The van der Waals surface area contributed by atoms with Crippen molar-refractivity contribution in [3.63, 3.8) is 0 Å². The number of benzene rings is 3. The first kappa shape index (κ1) is 24.0. The van der Waals surface area contributed by atoms with Crippen molar-refractivity contribution in [2.45, 2.75) is 33.0 Å². The van der Waals surface area contributed by atoms with E-state index >= 15 is 0 Å². The van der Waals surface area contributed by atoms with Gasteiger partial charge in [-0.2, -0.15) is 5.10 Å². The minimum Gasteiger partial charge on any atom is -0.494 e. The summed E-state index contributed by atoms with van der Waals surface area (Å²) in [5.41, 5.74) is 3.18. The predicted octanol–water partition coefficient (Wildman–Crippen LogP) is 5.10. The first-order valence-electron chi connectivity index (χ1n) is 11.7. The summed E-state index contributed by atoms with van der Waals surface area (Å²) in [5.74, 6) is 0.599. The van der Waals surface area contributed by atoms with Crippen LogP contribution in [-0.2, 0) is 17.9 Å². The maximum Gasteiger partial charge on any atom is 0.267 e. The lowest BCUT2D eigenvalue weighted by Gasteiger charge is -2.26. The highest BCUT2D eigenvalue weighted by atomic mass is 16.5. The van der Waals surface area contributed by atoms with Gasteiger partial charge < -0.3 is 9.64 Å². The zero-order chi connectivity index (χ0) is 24.6. The summed E-state index contributed by atoms with van der Waals surface area (Å²) in [4.78, 5) is 28.2. The predicted molar refractivity (Wildman–Crippen MR) is 137 cm³/mol. The third-order valence-electron chi connectivity index (χ3n) is 5.75. The number of aromatic nitrogens is 2. The summed E-state index contributed by atoms with van der Waals surface area (Å²) in [6.07, 6.45) is 0. The Bertz CT molecular complexity index is 1260. The zero-order valence-electron chi connectivity index (χ0n) is 20.0. The van der Waals surface area contributed by atoms with Crippen LogP contribution in [0.1, 0.15) is 31.0 Å². The number of carbonyl (C=O) groups is 1. The maximum atomic E-state index is 13.7. The molecule has 1 amide bonds. The second kappa shape index (κ2) is 11.3. The van der Waals surface area contributed by atoms with E-state index in [1.807, 2.05) is 91.9 Å². The van der Waals surface area contributed by atoms with Crippen molar-refractivity contribution in [2.75, 3.05) is 6.61 Å². The number of amides is 1. The van der Waals surface area contributed by atoms with Crippen LogP contribution in [0.2, 0.25) is 0 Å². The second-order valence-corrected chi connectivity index (χ2v) is 8.30. The molecule has 6 heteroatoms. The third-order valence-corrected chi connectivity index (χ3v) is 5.75. The molecule has 0 spiro atoms. The van der Waals surface area contributed by atoms with Crippen molar-refractivity contribution in [3.8, 4) is 17.0 Å². The Morgan fingerprint density at radius 2 is 1.43 bits per heavy atom. The summed E-state index contributed by atoms with van der Waals surface area (Å²) < 4.78 is 6.78. The van der Waals surface area contributed by atoms with E-state index in [2.05, 4.69) is 5.10 Å². The lowest BCUT2D eigenvalue weighted by Crippen LogP contribution is -2.39. The molecule has 1 aromatic heterocycles. The molecule has 0 radical (unpaired) electrons. The van der Waals surface area contributed by atoms with E-state index in [4.69, 9.17) is 4.74 Å². The van der Waals surface area contributed by atoms with Gasteiger partial charge in [-0.25, -0.2) is 4.68 Å². The normalized spacial score (nSPS) is 11.6. The van der Waals surface area contributed by atoms with Gasteiger partial charge in [-0.1, -0.05) is 60.7 Å². The van der Waals surface area contributed by atoms with Crippen molar-refractivity contribution in [1.82, 2.24) is 14.7 Å². The summed E-state index contributed by atoms with van der Waals surface area (Å²) >= 11 is 0. The highest BCUT2D eigenvalue weighted by Crippen LogP contribution is 2.21. The lowest BCUT2D eigenvalue weighted by atomic mass is 10.1. The molecule has 4 rings (SSSR count). The summed E-state index contributed by atoms with van der Waals surface area (Å²) in [6, 6.07) is 29.6. The molecule has 4 aromatic rings. The molecule has 0 aliphatic heterocycles. The number of rotatable bonds is 9. The van der Waals surface area contributed by atoms with Gasteiger partial charge in [0.25, 0.3) is 5.56 Å². The molecular weight excluding hydrogens is 438 g/mol. The quantitative estimate of drug-likeness (QED) is 0.344. The van der Waals surface area contributed by atoms with Crippen LogP contribution in [0.5, 0.6) is 5.75 Å². The standard InChI is InChI=1S/C29H29N3O3/c1-3-35-26-16-14-25(15-17-26)27-18-19-28(33)32(30-27)22(2)29(34)31(20-23-10-6-4-7-11-23)21-24-12-8-5-9-13-24/h4-19,22H,3,20-21H2,1-2H3. The van der Waals surface area contributed by atoms with E-state index in [-0.39, 0.29) is 11.5 Å². The highest BCUT2D eigenvalue weighted by Gasteiger charge is 2.24. The van der Waals surface area contributed by atoms with Crippen LogP contribution in [0.25, 0.3) is 11.3 Å². The maximum absolute atomic E-state index is 13.7. The van der Waals surface area contributed by atoms with Gasteiger partial charge in [0.15, 0.2) is 0 Å². The molecule has 1 atom stereocenters. The summed E-state index contributed by atoms with van der Waals surface area (Å²) in [6.45, 7) is 5.12. The van der Waals surface area contributed by atoms with Crippen LogP contribution in [-0.4, -0.2) is 27.2 Å². The molecule has 6 nitrogen and oxygen atoms in total. The van der Waals surface area contributed by atoms with Crippen molar-refractivity contribution >= 4 is 5.91 Å². The van der Waals surface area contributed by atoms with Gasteiger partial charge in [-0.15, -0.1) is 0 Å². The van der Waals surface area contributed by atoms with Gasteiger partial charge in [0.1, 0.15) is 11.8 Å². The molecule has 0 saturated heterocycles. The molecule has 0 N–H and O–H groups in total. The van der Waals surface area contributed by atoms with Crippen molar-refractivity contribution < 1.29 is 9.53 Å². The van der Waals surface area contributed by atoms with Gasteiger partial charge in [0.05, 0.1) is 12.3 Å². The van der Waals surface area contributed by atoms with E-state index in [9.17, 15) is 9.59 Å². The Labute approximate surface area is 205 Å². The molecule has 0 aliphatic carbocycles. The van der Waals surface area contributed by atoms with Gasteiger partial charge in [-0.3, -0.25) is 9.59 Å². The van der Waals surface area contributed by atoms with E-state index < -0.39 is 6.04 Å². The first-order valence-corrected chi connectivity index (χ1v) is 11.7. The highest BCUT2D eigenvalue weighted by molar-refractivity contribution is 5.80. The molecule has 0 aliphatic rings. The monoisotopic (exact) mass is 467 g/mol. The van der Waals surface area contributed by atoms with E-state index in [0.29, 0.717) is 25.4 Å². The fourth-order valence-electron chi connectivity index (χ4n) is 3.93. The summed E-state index contributed by atoms with van der Waals surface area (Å²) in [5, 5.41) is 4.55. The number of nitrogens with zero attached hydrogens (tertiary/aromatic N) is 3. The Morgan fingerprint density at radius 3 is 1.97 bits per heavy atom. The number of hydrogen-bond acceptors (Lipinski definition) is 4. The minimum atomic E-state index is -0.766. The van der Waals surface area contributed by atoms with Crippen molar-refractivity contribution in [3.05, 3.63) is 119 Å². The van der Waals surface area contributed by atoms with Crippen LogP contribution in [0, 0.1) is 0 Å². The Kier molecular flexibility index (Phi) is 7.73. The molecule has 35 heavy (non-hydrogen) atoms. The van der Waals surface area contributed by atoms with E-state index in [1.165, 1.54) is 10.7 Å². The first-order chi connectivity index (χ1) is 17.0. The Morgan fingerprint density at radius 1 is 0.857 bits per heavy atom. The van der Waals surface area contributed by atoms with E-state index in [0.717, 1.165) is 22.4 Å². The van der Waals surface area contributed by atoms with Crippen LogP contribution in [0.3, 0.4) is 0 Å². The average Bonchev–Trinajstić information content (AvgIpc) is 2.90. The third kappa shape index (κ3) is 6.03. The van der Waals surface area contributed by atoms with Crippen molar-refractivity contribution in [1.29, 1.82) is 0 Å². The topological polar surface area (TPSA) is 64.4 Å². The van der Waals surface area contributed by atoms with Gasteiger partial charge in [0, 0.05) is 24.7 Å². The molecule has 1 unspecified atom stereocenters. The lowest BCUT2D eigenvalue weighted by molar-refractivity contribution is -0.136. The van der Waals surface area contributed by atoms with Gasteiger partial charge in [-0.05, 0) is 55.3 Å². The van der Waals surface area contributed by atoms with Gasteiger partial charge >= 0.3 is 0 Å². The molecule has 0 bridgehead atoms. The number of hydrogen-bond donors (Lipinski definition) is 0. The van der Waals surface area contributed by atoms with Crippen molar-refractivity contribution in [2.24, 2.45) is 0 Å². The second-order valence-electron chi connectivity index (χ2n) is 8.30. The van der Waals surface area contributed by atoms with Crippen LogP contribution < -0.4 is 10.3 Å². The van der Waals surface area contributed by atoms with Gasteiger partial charge in [0.2, 0.25) is 5.91 Å². The molecule has 178 valence electrons. The molecule has 3 aromatic carbocycles. The zero-order valence-corrected chi connectivity index (χ0v) is 20.0. The molecule has 0 fully saturated rings. The van der Waals surface area contributed by atoms with Crippen LogP contribution in [0.15, 0.2) is 102 Å². The van der Waals surface area contributed by atoms with Crippen LogP contribution >= 0.6 is 0 Å². The fourth-order valence-corrected chi connectivity index (χ4v) is 3.93. The van der Waals surface area contributed by atoms with E-state index in [1.54, 1.807) is 17.9 Å². The fraction of sp³-hybridized carbons (Fsp3) is 0.207. The SMILES string of the molecule is CCOc1ccc(-c2ccc(=O)n(C(C)C(=O)N(Cc3ccccc3)Cc3ccccc3)n2)cc1. The Balaban J connectivity index is 1.62. The van der Waals surface area contributed by atoms with Crippen LogP contribution in [0.4, 0.5) is 0 Å². The number of ether oxygens (including phenoxy) is 1. The summed E-state index contributed by atoms with van der Waals surface area (Å²) in [7, 11) is 0. The smallest absolute Gasteiger partial charge is 0.267 e. The number of carbonyl (C=O) groups excluding carboxylic acids is 1. The molecule has 0 saturated carbocycles. The Hall–Kier alpha value is -4.19.